The first-order chi connectivity index (χ1) is 11.2. The van der Waals surface area contributed by atoms with Crippen LogP contribution < -0.4 is 0 Å². The number of hydrogen-bond acceptors (Lipinski definition) is 3. The number of H-pyrrole nitrogens is 1. The van der Waals surface area contributed by atoms with Gasteiger partial charge >= 0.3 is 0 Å². The predicted molar refractivity (Wildman–Crippen MR) is 88.0 cm³/mol. The molecule has 3 aromatic rings. The number of amides is 1. The third-order valence-electron chi connectivity index (χ3n) is 4.11. The van der Waals surface area contributed by atoms with Crippen LogP contribution in [0.25, 0.3) is 10.9 Å². The third kappa shape index (κ3) is 3.00. The van der Waals surface area contributed by atoms with Gasteiger partial charge in [0.1, 0.15) is 5.76 Å². The number of aliphatic hydroxyl groups excluding tert-OH is 1. The van der Waals surface area contributed by atoms with Gasteiger partial charge in [-0.2, -0.15) is 0 Å². The number of nitrogens with one attached hydrogen (secondary N) is 1. The number of aromatic amines is 1. The molecule has 1 atom stereocenters. The minimum absolute atomic E-state index is 0.0781. The molecule has 1 amide bonds. The number of furan rings is 1. The van der Waals surface area contributed by atoms with E-state index >= 15 is 0 Å². The average molecular weight is 312 g/mol. The molecule has 0 bridgehead atoms. The van der Waals surface area contributed by atoms with Crippen molar-refractivity contribution in [1.29, 1.82) is 0 Å². The largest absolute Gasteiger partial charge is 0.467 e. The fourth-order valence-electron chi connectivity index (χ4n) is 2.79. The summed E-state index contributed by atoms with van der Waals surface area (Å²) in [4.78, 5) is 17.9. The summed E-state index contributed by atoms with van der Waals surface area (Å²) in [6, 6.07) is 11.1. The van der Waals surface area contributed by atoms with Crippen molar-refractivity contribution in [2.45, 2.75) is 25.9 Å². The van der Waals surface area contributed by atoms with Crippen LogP contribution in [0.1, 0.15) is 29.5 Å². The summed E-state index contributed by atoms with van der Waals surface area (Å²) in [5.74, 6) is 0.588. The molecule has 0 fully saturated rings. The number of nitrogens with zero attached hydrogens (tertiary/aromatic N) is 1. The first-order valence-corrected chi connectivity index (χ1v) is 7.75. The maximum Gasteiger partial charge on any atom is 0.256 e. The summed E-state index contributed by atoms with van der Waals surface area (Å²) in [5, 5.41) is 10.5. The van der Waals surface area contributed by atoms with Gasteiger partial charge < -0.3 is 19.4 Å². The molecule has 0 aliphatic heterocycles. The predicted octanol–water partition coefficient (Wildman–Crippen LogP) is 3.17. The van der Waals surface area contributed by atoms with Crippen molar-refractivity contribution >= 4 is 16.8 Å². The molecular weight excluding hydrogens is 292 g/mol. The lowest BCUT2D eigenvalue weighted by Crippen LogP contribution is -2.41. The van der Waals surface area contributed by atoms with Crippen LogP contribution >= 0.6 is 0 Å². The zero-order chi connectivity index (χ0) is 16.2. The fourth-order valence-corrected chi connectivity index (χ4v) is 2.79. The number of benzene rings is 1. The van der Waals surface area contributed by atoms with Gasteiger partial charge in [-0.25, -0.2) is 0 Å². The molecule has 0 aliphatic rings. The highest BCUT2D eigenvalue weighted by atomic mass is 16.3. The zero-order valence-corrected chi connectivity index (χ0v) is 13.0. The highest BCUT2D eigenvalue weighted by molar-refractivity contribution is 6.06. The smallest absolute Gasteiger partial charge is 0.256 e. The lowest BCUT2D eigenvalue weighted by Gasteiger charge is -2.29. The van der Waals surface area contributed by atoms with E-state index in [1.807, 2.05) is 37.3 Å². The van der Waals surface area contributed by atoms with Crippen molar-refractivity contribution in [3.63, 3.8) is 0 Å². The van der Waals surface area contributed by atoms with Crippen molar-refractivity contribution in [2.24, 2.45) is 0 Å². The van der Waals surface area contributed by atoms with Gasteiger partial charge in [0, 0.05) is 17.1 Å². The Balaban J connectivity index is 1.96. The van der Waals surface area contributed by atoms with Crippen molar-refractivity contribution in [2.75, 3.05) is 6.61 Å². The molecule has 120 valence electrons. The minimum Gasteiger partial charge on any atom is -0.467 e. The van der Waals surface area contributed by atoms with Crippen LogP contribution in [0.3, 0.4) is 0 Å². The van der Waals surface area contributed by atoms with Crippen molar-refractivity contribution < 1.29 is 14.3 Å². The summed E-state index contributed by atoms with van der Waals surface area (Å²) in [5.41, 5.74) is 1.53. The number of carbonyl (C=O) groups excluding carboxylic acids is 1. The highest BCUT2D eigenvalue weighted by Gasteiger charge is 2.26. The molecule has 0 radical (unpaired) electrons. The van der Waals surface area contributed by atoms with E-state index in [1.165, 1.54) is 0 Å². The second-order valence-electron chi connectivity index (χ2n) is 5.50. The SMILES string of the molecule is CC[C@H](CO)N(Cc1ccco1)C(=O)c1c[nH]c2ccccc12. The first-order valence-electron chi connectivity index (χ1n) is 7.75. The Morgan fingerprint density at radius 3 is 2.83 bits per heavy atom. The standard InChI is InChI=1S/C18H20N2O3/c1-2-13(12-21)20(11-14-6-5-9-23-14)18(22)16-10-19-17-8-4-3-7-15(16)17/h3-10,13,19,21H,2,11-12H2,1H3/t13-/m1/s1. The zero-order valence-electron chi connectivity index (χ0n) is 13.0. The summed E-state index contributed by atoms with van der Waals surface area (Å²) in [7, 11) is 0. The van der Waals surface area contributed by atoms with Gasteiger partial charge in [0.15, 0.2) is 0 Å². The number of para-hydroxylation sites is 1. The number of aliphatic hydroxyl groups is 1. The number of hydrogen-bond donors (Lipinski definition) is 2. The van der Waals surface area contributed by atoms with Gasteiger partial charge in [-0.1, -0.05) is 25.1 Å². The van der Waals surface area contributed by atoms with E-state index in [0.29, 0.717) is 24.3 Å². The van der Waals surface area contributed by atoms with Crippen LogP contribution in [-0.4, -0.2) is 33.5 Å². The van der Waals surface area contributed by atoms with Crippen LogP contribution in [0.15, 0.2) is 53.3 Å². The molecule has 0 spiro atoms. The van der Waals surface area contributed by atoms with Crippen molar-refractivity contribution in [3.8, 4) is 0 Å². The second kappa shape index (κ2) is 6.71. The Morgan fingerprint density at radius 1 is 1.30 bits per heavy atom. The molecule has 2 aromatic heterocycles. The summed E-state index contributed by atoms with van der Waals surface area (Å²) in [6.45, 7) is 2.22. The van der Waals surface area contributed by atoms with E-state index in [-0.39, 0.29) is 18.6 Å². The molecule has 5 heteroatoms. The minimum atomic E-state index is -0.249. The summed E-state index contributed by atoms with van der Waals surface area (Å²) >= 11 is 0. The molecule has 1 aromatic carbocycles. The first kappa shape index (κ1) is 15.4. The van der Waals surface area contributed by atoms with Crippen molar-refractivity contribution in [3.05, 3.63) is 60.2 Å². The number of rotatable bonds is 6. The van der Waals surface area contributed by atoms with Crippen LogP contribution in [-0.2, 0) is 6.54 Å². The maximum atomic E-state index is 13.1. The lowest BCUT2D eigenvalue weighted by molar-refractivity contribution is 0.0547. The van der Waals surface area contributed by atoms with E-state index in [1.54, 1.807) is 23.4 Å². The van der Waals surface area contributed by atoms with Gasteiger partial charge in [-0.05, 0) is 24.6 Å². The molecule has 0 saturated carbocycles. The number of aromatic nitrogens is 1. The summed E-state index contributed by atoms with van der Waals surface area (Å²) in [6.07, 6.45) is 3.99. The molecule has 2 heterocycles. The van der Waals surface area contributed by atoms with Crippen LogP contribution in [0, 0.1) is 0 Å². The third-order valence-corrected chi connectivity index (χ3v) is 4.11. The Morgan fingerprint density at radius 2 is 2.13 bits per heavy atom. The van der Waals surface area contributed by atoms with Gasteiger partial charge in [-0.3, -0.25) is 4.79 Å². The van der Waals surface area contributed by atoms with Gasteiger partial charge in [0.25, 0.3) is 5.91 Å². The van der Waals surface area contributed by atoms with E-state index in [2.05, 4.69) is 4.98 Å². The second-order valence-corrected chi connectivity index (χ2v) is 5.50. The highest BCUT2D eigenvalue weighted by Crippen LogP contribution is 2.22. The van der Waals surface area contributed by atoms with E-state index < -0.39 is 0 Å². The van der Waals surface area contributed by atoms with E-state index in [0.717, 1.165) is 10.9 Å². The van der Waals surface area contributed by atoms with Crippen LogP contribution in [0.5, 0.6) is 0 Å². The molecule has 5 nitrogen and oxygen atoms in total. The summed E-state index contributed by atoms with van der Waals surface area (Å²) < 4.78 is 5.37. The molecular formula is C18H20N2O3. The topological polar surface area (TPSA) is 69.5 Å². The number of fused-ring (bicyclic) bond motifs is 1. The van der Waals surface area contributed by atoms with Crippen molar-refractivity contribution in [1.82, 2.24) is 9.88 Å². The fraction of sp³-hybridized carbons (Fsp3) is 0.278. The Kier molecular flexibility index (Phi) is 4.48. The quantitative estimate of drug-likeness (QED) is 0.734. The lowest BCUT2D eigenvalue weighted by atomic mass is 10.1. The molecule has 2 N–H and O–H groups in total. The molecule has 0 unspecified atom stereocenters. The van der Waals surface area contributed by atoms with E-state index in [4.69, 9.17) is 4.42 Å². The molecule has 23 heavy (non-hydrogen) atoms. The number of carbonyl (C=O) groups is 1. The average Bonchev–Trinajstić information content (AvgIpc) is 3.23. The normalized spacial score (nSPS) is 12.4. The van der Waals surface area contributed by atoms with E-state index in [9.17, 15) is 9.90 Å². The Hall–Kier alpha value is -2.53. The van der Waals surface area contributed by atoms with Crippen LogP contribution in [0.2, 0.25) is 0 Å². The molecule has 0 aliphatic carbocycles. The van der Waals surface area contributed by atoms with Gasteiger partial charge in [0.2, 0.25) is 0 Å². The Bertz CT molecular complexity index is 773. The molecule has 3 rings (SSSR count). The molecule has 0 saturated heterocycles. The Labute approximate surface area is 134 Å². The maximum absolute atomic E-state index is 13.1. The van der Waals surface area contributed by atoms with Gasteiger partial charge in [-0.15, -0.1) is 0 Å². The van der Waals surface area contributed by atoms with Crippen LogP contribution in [0.4, 0.5) is 0 Å². The monoisotopic (exact) mass is 312 g/mol. The van der Waals surface area contributed by atoms with Gasteiger partial charge in [0.05, 0.1) is 31.0 Å².